The van der Waals surface area contributed by atoms with Crippen molar-refractivity contribution in [3.05, 3.63) is 18.3 Å². The van der Waals surface area contributed by atoms with Crippen LogP contribution in [0.15, 0.2) is 18.3 Å². The number of esters is 2. The maximum Gasteiger partial charge on any atom is 0.518 e. The van der Waals surface area contributed by atoms with Crippen molar-refractivity contribution in [2.45, 2.75) is 13.8 Å². The third-order valence-electron chi connectivity index (χ3n) is 1.97. The van der Waals surface area contributed by atoms with Gasteiger partial charge >= 0.3 is 24.2 Å². The Kier molecular flexibility index (Phi) is 7.48. The minimum atomic E-state index is -1.18. The smallest absolute Gasteiger partial charge is 0.428 e. The summed E-state index contributed by atoms with van der Waals surface area (Å²) in [4.78, 5) is 47.2. The van der Waals surface area contributed by atoms with E-state index < -0.39 is 37.8 Å². The van der Waals surface area contributed by atoms with Gasteiger partial charge in [-0.3, -0.25) is 9.59 Å². The van der Waals surface area contributed by atoms with Gasteiger partial charge in [-0.2, -0.15) is 0 Å². The van der Waals surface area contributed by atoms with Crippen molar-refractivity contribution in [3.8, 4) is 11.6 Å². The van der Waals surface area contributed by atoms with E-state index in [0.29, 0.717) is 0 Å². The van der Waals surface area contributed by atoms with Crippen LogP contribution in [0.4, 0.5) is 9.59 Å². The fourth-order valence-corrected chi connectivity index (χ4v) is 1.07. The van der Waals surface area contributed by atoms with Crippen molar-refractivity contribution in [1.29, 1.82) is 0 Å². The average molecular weight is 343 g/mol. The van der Waals surface area contributed by atoms with Crippen molar-refractivity contribution in [3.63, 3.8) is 0 Å². The summed E-state index contributed by atoms with van der Waals surface area (Å²) in [5.74, 6) is -1.56. The molecule has 24 heavy (non-hydrogen) atoms. The number of ether oxygens (including phenoxy) is 6. The van der Waals surface area contributed by atoms with Gasteiger partial charge in [-0.05, 0) is 6.07 Å². The van der Waals surface area contributed by atoms with Gasteiger partial charge in [0.15, 0.2) is 0 Å². The molecule has 1 heterocycles. The van der Waals surface area contributed by atoms with Crippen molar-refractivity contribution in [2.24, 2.45) is 0 Å². The summed E-state index contributed by atoms with van der Waals surface area (Å²) >= 11 is 0. The van der Waals surface area contributed by atoms with Crippen molar-refractivity contribution in [2.75, 3.05) is 13.6 Å². The molecule has 0 aromatic carbocycles. The van der Waals surface area contributed by atoms with Gasteiger partial charge in [0.05, 0.1) is 0 Å². The Morgan fingerprint density at radius 3 is 1.96 bits per heavy atom. The highest BCUT2D eigenvalue weighted by Gasteiger charge is 2.11. The predicted molar refractivity (Wildman–Crippen MR) is 71.7 cm³/mol. The fourth-order valence-electron chi connectivity index (χ4n) is 1.07. The largest absolute Gasteiger partial charge is 0.518 e. The van der Waals surface area contributed by atoms with Crippen LogP contribution in [-0.2, 0) is 28.5 Å². The zero-order valence-electron chi connectivity index (χ0n) is 12.7. The van der Waals surface area contributed by atoms with E-state index in [0.717, 1.165) is 19.9 Å². The van der Waals surface area contributed by atoms with E-state index in [9.17, 15) is 19.2 Å². The lowest BCUT2D eigenvalue weighted by atomic mass is 10.4. The first-order valence-corrected chi connectivity index (χ1v) is 6.29. The molecule has 0 atom stereocenters. The van der Waals surface area contributed by atoms with Crippen molar-refractivity contribution < 1.29 is 47.6 Å². The van der Waals surface area contributed by atoms with Crippen molar-refractivity contribution in [1.82, 2.24) is 4.98 Å². The molecule has 0 saturated heterocycles. The molecular formula is C13H13NO10. The minimum absolute atomic E-state index is 0.0550. The number of carbonyl (C=O) groups is 4. The molecule has 1 aromatic rings. The summed E-state index contributed by atoms with van der Waals surface area (Å²) in [6, 6.07) is 2.38. The van der Waals surface area contributed by atoms with Crippen LogP contribution in [-0.4, -0.2) is 42.8 Å². The SMILES string of the molecule is CC(=O)OCOC(=O)Oc1ccnc(OC(=O)OCOC(C)=O)c1. The van der Waals surface area contributed by atoms with Crippen LogP contribution in [0.3, 0.4) is 0 Å². The minimum Gasteiger partial charge on any atom is -0.428 e. The third kappa shape index (κ3) is 8.17. The van der Waals surface area contributed by atoms with Crippen LogP contribution in [0.25, 0.3) is 0 Å². The number of nitrogens with zero attached hydrogens (tertiary/aromatic N) is 1. The van der Waals surface area contributed by atoms with Gasteiger partial charge in [0.2, 0.25) is 19.5 Å². The van der Waals surface area contributed by atoms with Crippen molar-refractivity contribution >= 4 is 24.2 Å². The number of carbonyl (C=O) groups excluding carboxylic acids is 4. The normalized spacial score (nSPS) is 9.42. The molecule has 0 saturated carbocycles. The van der Waals surface area contributed by atoms with E-state index in [4.69, 9.17) is 4.74 Å². The highest BCUT2D eigenvalue weighted by atomic mass is 16.8. The zero-order chi connectivity index (χ0) is 17.9. The zero-order valence-corrected chi connectivity index (χ0v) is 12.7. The first kappa shape index (κ1) is 18.7. The quantitative estimate of drug-likeness (QED) is 0.543. The van der Waals surface area contributed by atoms with E-state index >= 15 is 0 Å². The average Bonchev–Trinajstić information content (AvgIpc) is 2.46. The first-order chi connectivity index (χ1) is 11.4. The van der Waals surface area contributed by atoms with Gasteiger partial charge < -0.3 is 28.4 Å². The number of hydrogen-bond acceptors (Lipinski definition) is 11. The molecule has 0 aliphatic heterocycles. The van der Waals surface area contributed by atoms with Gasteiger partial charge in [0.25, 0.3) is 0 Å². The molecule has 0 radical (unpaired) electrons. The highest BCUT2D eigenvalue weighted by Crippen LogP contribution is 2.17. The van der Waals surface area contributed by atoms with Gasteiger partial charge in [0, 0.05) is 26.1 Å². The van der Waals surface area contributed by atoms with E-state index in [1.807, 2.05) is 0 Å². The fraction of sp³-hybridized carbons (Fsp3) is 0.308. The number of rotatable bonds is 6. The molecule has 11 nitrogen and oxygen atoms in total. The molecule has 11 heteroatoms. The summed E-state index contributed by atoms with van der Waals surface area (Å²) in [7, 11) is 0. The second-order valence-corrected chi connectivity index (χ2v) is 3.83. The van der Waals surface area contributed by atoms with Crippen LogP contribution in [0, 0.1) is 0 Å². The molecule has 0 spiro atoms. The highest BCUT2D eigenvalue weighted by molar-refractivity contribution is 5.67. The summed E-state index contributed by atoms with van der Waals surface area (Å²) < 4.78 is 27.0. The molecule has 1 aromatic heterocycles. The molecule has 0 aliphatic carbocycles. The summed E-state index contributed by atoms with van der Waals surface area (Å²) in [6.07, 6.45) is -1.15. The molecule has 0 bridgehead atoms. The van der Waals surface area contributed by atoms with Crippen LogP contribution >= 0.6 is 0 Å². The maximum absolute atomic E-state index is 11.3. The number of pyridine rings is 1. The van der Waals surface area contributed by atoms with Crippen LogP contribution in [0.5, 0.6) is 11.6 Å². The molecule has 0 N–H and O–H groups in total. The molecule has 0 aliphatic rings. The number of hydrogen-bond donors (Lipinski definition) is 0. The Hall–Kier alpha value is -3.37. The van der Waals surface area contributed by atoms with E-state index in [2.05, 4.69) is 28.7 Å². The second-order valence-electron chi connectivity index (χ2n) is 3.83. The summed E-state index contributed by atoms with van der Waals surface area (Å²) in [5, 5.41) is 0. The Morgan fingerprint density at radius 1 is 0.875 bits per heavy atom. The Balaban J connectivity index is 2.45. The molecule has 0 unspecified atom stereocenters. The topological polar surface area (TPSA) is 137 Å². The Bertz CT molecular complexity index is 565. The molecular weight excluding hydrogens is 330 g/mol. The van der Waals surface area contributed by atoms with Gasteiger partial charge in [-0.1, -0.05) is 0 Å². The Morgan fingerprint density at radius 2 is 1.42 bits per heavy atom. The van der Waals surface area contributed by atoms with Gasteiger partial charge in [-0.25, -0.2) is 14.6 Å². The molecule has 130 valence electrons. The van der Waals surface area contributed by atoms with Gasteiger partial charge in [-0.15, -0.1) is 0 Å². The summed E-state index contributed by atoms with van der Waals surface area (Å²) in [6.45, 7) is 1.05. The second kappa shape index (κ2) is 9.61. The number of aromatic nitrogens is 1. The van der Waals surface area contributed by atoms with E-state index in [-0.39, 0.29) is 11.6 Å². The van der Waals surface area contributed by atoms with Crippen LogP contribution in [0.2, 0.25) is 0 Å². The first-order valence-electron chi connectivity index (χ1n) is 6.29. The lowest BCUT2D eigenvalue weighted by molar-refractivity contribution is -0.151. The van der Waals surface area contributed by atoms with Gasteiger partial charge in [0.1, 0.15) is 5.75 Å². The van der Waals surface area contributed by atoms with E-state index in [1.54, 1.807) is 0 Å². The predicted octanol–water partition coefficient (Wildman–Crippen LogP) is 1.15. The molecule has 0 amide bonds. The summed E-state index contributed by atoms with van der Waals surface area (Å²) in [5.41, 5.74) is 0. The molecule has 1 rings (SSSR count). The van der Waals surface area contributed by atoms with Crippen LogP contribution < -0.4 is 9.47 Å². The monoisotopic (exact) mass is 343 g/mol. The molecule has 0 fully saturated rings. The maximum atomic E-state index is 11.3. The Labute approximate surface area is 135 Å². The standard InChI is InChI=1S/C13H13NO10/c1-8(15)19-6-21-12(17)23-10-3-4-14-11(5-10)24-13(18)22-7-20-9(2)16/h3-5H,6-7H2,1-2H3. The third-order valence-corrected chi connectivity index (χ3v) is 1.97. The lowest BCUT2D eigenvalue weighted by Crippen LogP contribution is -2.16. The lowest BCUT2D eigenvalue weighted by Gasteiger charge is -2.07. The van der Waals surface area contributed by atoms with Crippen LogP contribution in [0.1, 0.15) is 13.8 Å². The van der Waals surface area contributed by atoms with E-state index in [1.165, 1.54) is 12.3 Å².